The summed E-state index contributed by atoms with van der Waals surface area (Å²) < 4.78 is 24.0. The zero-order valence-corrected chi connectivity index (χ0v) is 27.4. The van der Waals surface area contributed by atoms with Crippen LogP contribution < -0.4 is 20.7 Å². The van der Waals surface area contributed by atoms with E-state index in [9.17, 15) is 19.5 Å². The quantitative estimate of drug-likeness (QED) is 0.230. The number of esters is 1. The summed E-state index contributed by atoms with van der Waals surface area (Å²) in [4.78, 5) is 48.9. The Morgan fingerprint density at radius 3 is 2.60 bits per heavy atom. The normalized spacial score (nSPS) is 23.1. The number of aliphatic hydroxyl groups is 1. The summed E-state index contributed by atoms with van der Waals surface area (Å²) in [6, 6.07) is 11.6. The fraction of sp³-hybridized carbons (Fsp3) is 0.400. The van der Waals surface area contributed by atoms with Gasteiger partial charge >= 0.3 is 5.97 Å². The molecule has 13 heteroatoms. The molecule has 3 unspecified atom stereocenters. The summed E-state index contributed by atoms with van der Waals surface area (Å²) >= 11 is 0. The van der Waals surface area contributed by atoms with Gasteiger partial charge in [0.2, 0.25) is 23.6 Å². The van der Waals surface area contributed by atoms with E-state index in [4.69, 9.17) is 23.3 Å². The topological polar surface area (TPSA) is 178 Å². The molecule has 13 nitrogen and oxygen atoms in total. The average Bonchev–Trinajstić information content (AvgIpc) is 3.82. The molecule has 250 valence electrons. The smallest absolute Gasteiger partial charge is 0.360 e. The van der Waals surface area contributed by atoms with Crippen molar-refractivity contribution in [3.05, 3.63) is 82.8 Å². The van der Waals surface area contributed by atoms with Crippen molar-refractivity contribution in [1.82, 2.24) is 20.6 Å². The van der Waals surface area contributed by atoms with Crippen LogP contribution in [0.25, 0.3) is 11.6 Å². The number of nitrogens with one attached hydrogen (secondary N) is 3. The van der Waals surface area contributed by atoms with Crippen LogP contribution in [0.15, 0.2) is 57.6 Å². The second-order valence-electron chi connectivity index (χ2n) is 13.8. The van der Waals surface area contributed by atoms with Gasteiger partial charge in [0.1, 0.15) is 35.6 Å². The number of aliphatic hydroxyl groups excluding tert-OH is 1. The third kappa shape index (κ3) is 4.83. The maximum atomic E-state index is 14.0. The standard InChI is InChI=1S/C35H37N5O8/c1-16(2)24-31-40-25(30-37-22(15-46-30)32(44)45-6)27(48-31)35-18-9-7-8-10-20(18)38-33(35)47-23-12-11-17(13-19(23)35)14-21(28(42)39-24)36-29(43)26(41)34(3,4)5/h7-13,15-16,21,24,26,33,38,41H,14H2,1-6H3,(H,36,43)(H,39,42)/t21?,24-,26+,33?,35?/m0/s1. The van der Waals surface area contributed by atoms with Crippen molar-refractivity contribution >= 4 is 23.5 Å². The average molecular weight is 656 g/mol. The SMILES string of the molecule is COC(=O)c1coc(-c2nc3oc2C24c5ccccc5NC2Oc2ccc(cc24)CC(NC(=O)[C@@H](O)C(C)(C)C)C(=O)N[C@H]3C(C)C)n1. The summed E-state index contributed by atoms with van der Waals surface area (Å²) in [5.41, 5.74) is 1.49. The first kappa shape index (κ1) is 31.4. The first-order chi connectivity index (χ1) is 22.8. The number of hydrogen-bond acceptors (Lipinski definition) is 11. The highest BCUT2D eigenvalue weighted by Gasteiger charge is 2.61. The summed E-state index contributed by atoms with van der Waals surface area (Å²) in [5, 5.41) is 20.1. The van der Waals surface area contributed by atoms with Crippen LogP contribution in [0, 0.1) is 11.3 Å². The minimum atomic E-state index is -1.35. The molecule has 5 heterocycles. The van der Waals surface area contributed by atoms with Crippen LogP contribution in [0.4, 0.5) is 5.69 Å². The molecule has 2 aromatic carbocycles. The molecule has 0 radical (unpaired) electrons. The predicted octanol–water partition coefficient (Wildman–Crippen LogP) is 3.86. The van der Waals surface area contributed by atoms with Crippen molar-refractivity contribution in [2.75, 3.05) is 12.4 Å². The highest BCUT2D eigenvalue weighted by molar-refractivity contribution is 5.90. The number of carbonyl (C=O) groups excluding carboxylic acids is 3. The Morgan fingerprint density at radius 1 is 1.10 bits per heavy atom. The van der Waals surface area contributed by atoms with Gasteiger partial charge in [0.25, 0.3) is 0 Å². The maximum absolute atomic E-state index is 14.0. The molecule has 7 rings (SSSR count). The fourth-order valence-corrected chi connectivity index (χ4v) is 6.67. The number of hydrogen-bond donors (Lipinski definition) is 4. The molecule has 4 aromatic rings. The molecule has 1 spiro atoms. The lowest BCUT2D eigenvalue weighted by molar-refractivity contribution is -0.138. The van der Waals surface area contributed by atoms with Crippen LogP contribution in [0.5, 0.6) is 5.75 Å². The summed E-state index contributed by atoms with van der Waals surface area (Å²) in [6.45, 7) is 9.05. The number of methoxy groups -OCH3 is 1. The van der Waals surface area contributed by atoms with E-state index in [0.717, 1.165) is 22.4 Å². The van der Waals surface area contributed by atoms with E-state index in [-0.39, 0.29) is 35.5 Å². The van der Waals surface area contributed by atoms with E-state index in [2.05, 4.69) is 20.9 Å². The van der Waals surface area contributed by atoms with Crippen molar-refractivity contribution in [1.29, 1.82) is 0 Å². The van der Waals surface area contributed by atoms with Gasteiger partial charge in [0.05, 0.1) is 7.11 Å². The molecule has 4 N–H and O–H groups in total. The van der Waals surface area contributed by atoms with Crippen molar-refractivity contribution in [2.24, 2.45) is 11.3 Å². The van der Waals surface area contributed by atoms with E-state index in [1.54, 1.807) is 20.8 Å². The number of benzene rings is 2. The minimum Gasteiger partial charge on any atom is -0.469 e. The molecule has 0 fully saturated rings. The van der Waals surface area contributed by atoms with Crippen LogP contribution in [-0.2, 0) is 26.2 Å². The van der Waals surface area contributed by atoms with E-state index >= 15 is 0 Å². The van der Waals surface area contributed by atoms with E-state index in [1.165, 1.54) is 13.4 Å². The Labute approximate surface area is 276 Å². The largest absolute Gasteiger partial charge is 0.469 e. The van der Waals surface area contributed by atoms with Crippen molar-refractivity contribution in [2.45, 2.75) is 70.9 Å². The third-order valence-electron chi connectivity index (χ3n) is 9.22. The molecule has 3 aliphatic heterocycles. The summed E-state index contributed by atoms with van der Waals surface area (Å²) in [5.74, 6) is -0.908. The van der Waals surface area contributed by atoms with Crippen molar-refractivity contribution in [3.63, 3.8) is 0 Å². The zero-order valence-electron chi connectivity index (χ0n) is 27.4. The lowest BCUT2D eigenvalue weighted by Crippen LogP contribution is -2.53. The highest BCUT2D eigenvalue weighted by Crippen LogP contribution is 2.59. The van der Waals surface area contributed by atoms with Gasteiger partial charge in [0.15, 0.2) is 23.4 Å². The Kier molecular flexibility index (Phi) is 7.35. The summed E-state index contributed by atoms with van der Waals surface area (Å²) in [7, 11) is 1.25. The molecule has 0 saturated carbocycles. The Balaban J connectivity index is 1.47. The number of fused-ring (bicyclic) bond motifs is 4. The predicted molar refractivity (Wildman–Crippen MR) is 171 cm³/mol. The molecule has 5 atom stereocenters. The number of anilines is 1. The van der Waals surface area contributed by atoms with Crippen LogP contribution in [0.2, 0.25) is 0 Å². The second kappa shape index (κ2) is 11.2. The molecular formula is C35H37N5O8. The maximum Gasteiger partial charge on any atom is 0.360 e. The van der Waals surface area contributed by atoms with Gasteiger partial charge in [0, 0.05) is 17.7 Å². The molecular weight excluding hydrogens is 618 g/mol. The molecule has 0 aliphatic carbocycles. The monoisotopic (exact) mass is 655 g/mol. The van der Waals surface area contributed by atoms with Gasteiger partial charge in [-0.25, -0.2) is 14.8 Å². The van der Waals surface area contributed by atoms with Gasteiger partial charge < -0.3 is 39.4 Å². The fourth-order valence-electron chi connectivity index (χ4n) is 6.67. The van der Waals surface area contributed by atoms with Crippen LogP contribution in [0.3, 0.4) is 0 Å². The van der Waals surface area contributed by atoms with Gasteiger partial charge in [-0.1, -0.05) is 65.0 Å². The molecule has 2 aromatic heterocycles. The van der Waals surface area contributed by atoms with Gasteiger partial charge in [-0.05, 0) is 34.6 Å². The Bertz CT molecular complexity index is 1940. The third-order valence-corrected chi connectivity index (χ3v) is 9.22. The van der Waals surface area contributed by atoms with Crippen LogP contribution in [-0.4, -0.2) is 58.3 Å². The first-order valence-electron chi connectivity index (χ1n) is 15.8. The van der Waals surface area contributed by atoms with Gasteiger partial charge in [-0.3, -0.25) is 9.59 Å². The molecule has 4 bridgehead atoms. The molecule has 2 amide bonds. The second-order valence-corrected chi connectivity index (χ2v) is 13.8. The molecule has 0 saturated heterocycles. The lowest BCUT2D eigenvalue weighted by Gasteiger charge is -2.30. The minimum absolute atomic E-state index is 0.0209. The number of carbonyl (C=O) groups is 3. The van der Waals surface area contributed by atoms with Crippen LogP contribution >= 0.6 is 0 Å². The molecule has 48 heavy (non-hydrogen) atoms. The number of rotatable bonds is 5. The summed E-state index contributed by atoms with van der Waals surface area (Å²) in [6.07, 6.45) is -0.688. The van der Waals surface area contributed by atoms with Crippen LogP contribution in [0.1, 0.15) is 79.5 Å². The number of aromatic nitrogens is 2. The number of amides is 2. The first-order valence-corrected chi connectivity index (χ1v) is 15.8. The highest BCUT2D eigenvalue weighted by atomic mass is 16.5. The van der Waals surface area contributed by atoms with E-state index in [1.807, 2.05) is 56.3 Å². The lowest BCUT2D eigenvalue weighted by atomic mass is 9.72. The number of nitrogens with zero attached hydrogens (tertiary/aromatic N) is 2. The van der Waals surface area contributed by atoms with Crippen molar-refractivity contribution < 1.29 is 37.8 Å². The molecule has 3 aliphatic rings. The Hall–Kier alpha value is -5.17. The number of oxazole rings is 2. The zero-order chi connectivity index (χ0) is 34.1. The number of para-hydroxylation sites is 1. The van der Waals surface area contributed by atoms with Gasteiger partial charge in [-0.2, -0.15) is 0 Å². The Morgan fingerprint density at radius 2 is 1.88 bits per heavy atom. The van der Waals surface area contributed by atoms with E-state index in [0.29, 0.717) is 11.5 Å². The van der Waals surface area contributed by atoms with Gasteiger partial charge in [-0.15, -0.1) is 0 Å². The van der Waals surface area contributed by atoms with E-state index < -0.39 is 53.0 Å². The van der Waals surface area contributed by atoms with Crippen molar-refractivity contribution in [3.8, 4) is 17.3 Å². The number of ether oxygens (including phenoxy) is 2.